The van der Waals surface area contributed by atoms with Gasteiger partial charge in [0.05, 0.1) is 0 Å². The predicted octanol–water partition coefficient (Wildman–Crippen LogP) is 3.09. The highest BCUT2D eigenvalue weighted by Gasteiger charge is 2.37. The molecule has 1 fully saturated rings. The molecule has 0 aromatic heterocycles. The minimum atomic E-state index is -3.07. The zero-order chi connectivity index (χ0) is 7.61. The molecule has 3 heteroatoms. The molecule has 1 saturated carbocycles. The van der Waals surface area contributed by atoms with E-state index in [1.54, 1.807) is 0 Å². The van der Waals surface area contributed by atoms with Crippen LogP contribution in [0.1, 0.15) is 25.7 Å². The number of hydrogen-bond donors (Lipinski definition) is 0. The van der Waals surface area contributed by atoms with E-state index in [1.807, 2.05) is 0 Å². The summed E-state index contributed by atoms with van der Waals surface area (Å²) in [4.78, 5) is 0. The third kappa shape index (κ3) is 2.08. The fourth-order valence-electron chi connectivity index (χ4n) is 1.13. The average molecular weight is 167 g/mol. The standard InChI is InChI=1S/C7H9ClF2/c8-7(9,10)6-4-2-1-3-5-6/h6H,1-4H2. The van der Waals surface area contributed by atoms with Crippen molar-refractivity contribution in [2.75, 3.05) is 0 Å². The summed E-state index contributed by atoms with van der Waals surface area (Å²) >= 11 is 4.82. The summed E-state index contributed by atoms with van der Waals surface area (Å²) in [6.07, 6.45) is 5.64. The van der Waals surface area contributed by atoms with Gasteiger partial charge in [0, 0.05) is 5.92 Å². The molecular formula is C7H9ClF2. The first-order chi connectivity index (χ1) is 4.61. The monoisotopic (exact) mass is 166 g/mol. The molecule has 1 aliphatic rings. The summed E-state index contributed by atoms with van der Waals surface area (Å²) in [6, 6.07) is 0. The van der Waals surface area contributed by atoms with Crippen LogP contribution < -0.4 is 0 Å². The van der Waals surface area contributed by atoms with Crippen LogP contribution in [0.15, 0.2) is 0 Å². The van der Waals surface area contributed by atoms with Gasteiger partial charge in [0.1, 0.15) is 0 Å². The molecule has 10 heavy (non-hydrogen) atoms. The quantitative estimate of drug-likeness (QED) is 0.525. The molecule has 0 aliphatic heterocycles. The fourth-order valence-corrected chi connectivity index (χ4v) is 1.32. The Kier molecular flexibility index (Phi) is 2.50. The second-order valence-corrected chi connectivity index (χ2v) is 3.05. The van der Waals surface area contributed by atoms with Crippen LogP contribution in [-0.2, 0) is 0 Å². The minimum Gasteiger partial charge on any atom is -0.188 e. The molecule has 58 valence electrons. The van der Waals surface area contributed by atoms with Gasteiger partial charge in [-0.1, -0.05) is 12.8 Å². The summed E-state index contributed by atoms with van der Waals surface area (Å²) in [7, 11) is 0. The summed E-state index contributed by atoms with van der Waals surface area (Å²) in [6.45, 7) is 0. The summed E-state index contributed by atoms with van der Waals surface area (Å²) in [5.74, 6) is -0.817. The summed E-state index contributed by atoms with van der Waals surface area (Å²) in [5.41, 5.74) is 0. The van der Waals surface area contributed by atoms with Crippen LogP contribution in [0.5, 0.6) is 0 Å². The summed E-state index contributed by atoms with van der Waals surface area (Å²) < 4.78 is 24.6. The van der Waals surface area contributed by atoms with E-state index >= 15 is 0 Å². The number of alkyl halides is 3. The molecule has 1 rings (SSSR count). The molecule has 1 aliphatic carbocycles. The highest BCUT2D eigenvalue weighted by Crippen LogP contribution is 2.38. The Hall–Kier alpha value is 0.150. The van der Waals surface area contributed by atoms with Gasteiger partial charge in [-0.2, -0.15) is 8.78 Å². The summed E-state index contributed by atoms with van der Waals surface area (Å²) in [5, 5.41) is -3.07. The van der Waals surface area contributed by atoms with E-state index in [4.69, 9.17) is 11.6 Å². The van der Waals surface area contributed by atoms with E-state index < -0.39 is 11.3 Å². The van der Waals surface area contributed by atoms with Crippen molar-refractivity contribution in [3.63, 3.8) is 0 Å². The van der Waals surface area contributed by atoms with Crippen LogP contribution >= 0.6 is 11.6 Å². The van der Waals surface area contributed by atoms with E-state index in [0.717, 1.165) is 12.8 Å². The van der Waals surface area contributed by atoms with Crippen molar-refractivity contribution in [3.8, 4) is 0 Å². The third-order valence-electron chi connectivity index (χ3n) is 1.71. The van der Waals surface area contributed by atoms with Gasteiger partial charge in [0.15, 0.2) is 0 Å². The lowest BCUT2D eigenvalue weighted by atomic mass is 9.89. The van der Waals surface area contributed by atoms with Gasteiger partial charge in [-0.05, 0) is 30.9 Å². The Labute approximate surface area is 64.6 Å². The van der Waals surface area contributed by atoms with Crippen molar-refractivity contribution in [2.45, 2.75) is 31.1 Å². The zero-order valence-corrected chi connectivity index (χ0v) is 6.30. The highest BCUT2D eigenvalue weighted by molar-refractivity contribution is 6.21. The Morgan fingerprint density at radius 3 is 2.40 bits per heavy atom. The molecule has 0 N–H and O–H groups in total. The number of hydrogen-bond acceptors (Lipinski definition) is 0. The molecule has 0 spiro atoms. The van der Waals surface area contributed by atoms with Crippen molar-refractivity contribution < 1.29 is 8.78 Å². The van der Waals surface area contributed by atoms with Gasteiger partial charge in [-0.15, -0.1) is 0 Å². The van der Waals surface area contributed by atoms with Crippen molar-refractivity contribution in [2.24, 2.45) is 5.92 Å². The lowest BCUT2D eigenvalue weighted by molar-refractivity contribution is 0.0319. The second-order valence-electron chi connectivity index (χ2n) is 2.54. The zero-order valence-electron chi connectivity index (χ0n) is 5.54. The minimum absolute atomic E-state index is 0.483. The Morgan fingerprint density at radius 1 is 1.40 bits per heavy atom. The molecule has 0 bridgehead atoms. The lowest BCUT2D eigenvalue weighted by Gasteiger charge is -2.24. The van der Waals surface area contributed by atoms with Crippen molar-refractivity contribution in [1.82, 2.24) is 0 Å². The SMILES string of the molecule is FC(F)(Cl)C1[C]CCCC1. The van der Waals surface area contributed by atoms with Crippen LogP contribution in [0.25, 0.3) is 0 Å². The van der Waals surface area contributed by atoms with Gasteiger partial charge >= 0.3 is 5.38 Å². The predicted molar refractivity (Wildman–Crippen MR) is 36.0 cm³/mol. The molecular weight excluding hydrogens is 158 g/mol. The molecule has 0 aromatic rings. The van der Waals surface area contributed by atoms with E-state index in [2.05, 4.69) is 6.42 Å². The van der Waals surface area contributed by atoms with Crippen molar-refractivity contribution in [3.05, 3.63) is 6.42 Å². The Balaban J connectivity index is 2.39. The van der Waals surface area contributed by atoms with Crippen molar-refractivity contribution >= 4 is 11.6 Å². The first kappa shape index (κ1) is 8.25. The largest absolute Gasteiger partial charge is 0.325 e. The van der Waals surface area contributed by atoms with Gasteiger partial charge in [0.25, 0.3) is 0 Å². The lowest BCUT2D eigenvalue weighted by Crippen LogP contribution is -2.24. The average Bonchev–Trinajstić information content (AvgIpc) is 1.88. The molecule has 0 amide bonds. The maximum atomic E-state index is 12.3. The maximum absolute atomic E-state index is 12.3. The van der Waals surface area contributed by atoms with E-state index in [1.165, 1.54) is 0 Å². The first-order valence-electron chi connectivity index (χ1n) is 3.41. The molecule has 2 radical (unpaired) electrons. The van der Waals surface area contributed by atoms with Crippen LogP contribution in [0.2, 0.25) is 0 Å². The first-order valence-corrected chi connectivity index (χ1v) is 3.78. The van der Waals surface area contributed by atoms with Crippen LogP contribution in [0.4, 0.5) is 8.78 Å². The Bertz CT molecular complexity index is 103. The van der Waals surface area contributed by atoms with Crippen LogP contribution in [0, 0.1) is 12.3 Å². The highest BCUT2D eigenvalue weighted by atomic mass is 35.5. The van der Waals surface area contributed by atoms with Crippen molar-refractivity contribution in [1.29, 1.82) is 0 Å². The second kappa shape index (κ2) is 3.04. The van der Waals surface area contributed by atoms with Gasteiger partial charge in [0.2, 0.25) is 0 Å². The fraction of sp³-hybridized carbons (Fsp3) is 0.857. The van der Waals surface area contributed by atoms with Crippen LogP contribution in [-0.4, -0.2) is 5.38 Å². The topological polar surface area (TPSA) is 0 Å². The van der Waals surface area contributed by atoms with Gasteiger partial charge in [-0.3, -0.25) is 0 Å². The van der Waals surface area contributed by atoms with E-state index in [9.17, 15) is 8.78 Å². The normalized spacial score (nSPS) is 23.1. The number of halogens is 3. The molecule has 0 heterocycles. The number of rotatable bonds is 1. The van der Waals surface area contributed by atoms with E-state index in [-0.39, 0.29) is 0 Å². The maximum Gasteiger partial charge on any atom is 0.325 e. The molecule has 0 aromatic carbocycles. The Morgan fingerprint density at radius 2 is 2.10 bits per heavy atom. The smallest absolute Gasteiger partial charge is 0.188 e. The third-order valence-corrected chi connectivity index (χ3v) is 1.97. The molecule has 0 saturated heterocycles. The van der Waals surface area contributed by atoms with Gasteiger partial charge in [-0.25, -0.2) is 0 Å². The van der Waals surface area contributed by atoms with E-state index in [0.29, 0.717) is 12.8 Å². The van der Waals surface area contributed by atoms with Gasteiger partial charge < -0.3 is 0 Å². The molecule has 1 atom stereocenters. The molecule has 1 unspecified atom stereocenters. The van der Waals surface area contributed by atoms with Crippen LogP contribution in [0.3, 0.4) is 0 Å². The molecule has 0 nitrogen and oxygen atoms in total.